The number of likely N-dealkylation sites (tertiary alicyclic amines) is 1. The number of hydrogen-bond donors (Lipinski definition) is 10. The van der Waals surface area contributed by atoms with Gasteiger partial charge in [-0.05, 0) is 19.3 Å². The number of imide groups is 1. The fraction of sp³-hybridized carbons (Fsp3) is 0.719. The summed E-state index contributed by atoms with van der Waals surface area (Å²) in [4.78, 5) is 111. The average molecular weight is 838 g/mol. The number of amides is 10. The van der Waals surface area contributed by atoms with Gasteiger partial charge in [0.1, 0.15) is 12.1 Å². The molecule has 10 amide bonds. The van der Waals surface area contributed by atoms with Crippen molar-refractivity contribution < 1.29 is 53.4 Å². The van der Waals surface area contributed by atoms with E-state index in [4.69, 9.17) is 10.2 Å². The number of aliphatic hydroxyl groups is 2. The van der Waals surface area contributed by atoms with Gasteiger partial charge in [0.25, 0.3) is 0 Å². The highest BCUT2D eigenvalue weighted by atomic mass is 33.1. The molecule has 0 radical (unpaired) electrons. The summed E-state index contributed by atoms with van der Waals surface area (Å²) in [6, 6.07) is -2.36. The molecule has 1 heterocycles. The first-order valence-corrected chi connectivity index (χ1v) is 21.4. The molecule has 20 nitrogen and oxygen atoms in total. The molecule has 0 aromatic heterocycles. The summed E-state index contributed by atoms with van der Waals surface area (Å²) in [5.41, 5.74) is 0. The highest BCUT2D eigenvalue weighted by Gasteiger charge is 2.39. The van der Waals surface area contributed by atoms with Gasteiger partial charge < -0.3 is 52.7 Å². The smallest absolute Gasteiger partial charge is 0.314 e. The van der Waals surface area contributed by atoms with Crippen molar-refractivity contribution in [1.82, 2.24) is 47.4 Å². The van der Waals surface area contributed by atoms with Crippen LogP contribution < -0.4 is 42.5 Å². The number of unbranched alkanes of at least 4 members (excludes halogenated alkanes) is 1. The van der Waals surface area contributed by atoms with Crippen LogP contribution in [-0.2, 0) is 38.4 Å². The van der Waals surface area contributed by atoms with Crippen LogP contribution in [0, 0.1) is 0 Å². The van der Waals surface area contributed by atoms with Crippen molar-refractivity contribution in [2.24, 2.45) is 0 Å². The summed E-state index contributed by atoms with van der Waals surface area (Å²) in [7, 11) is 3.16. The van der Waals surface area contributed by atoms with Crippen LogP contribution in [0.25, 0.3) is 0 Å². The molecule has 10 N–H and O–H groups in total. The summed E-state index contributed by atoms with van der Waals surface area (Å²) in [6.07, 6.45) is 0.730. The molecule has 0 aromatic carbocycles. The summed E-state index contributed by atoms with van der Waals surface area (Å²) < 4.78 is 0. The first-order chi connectivity index (χ1) is 26.3. The number of nitrogens with zero attached hydrogens (tertiary/aromatic N) is 1. The maximum Gasteiger partial charge on any atom is 0.314 e. The number of rotatable bonds is 29. The summed E-state index contributed by atoms with van der Waals surface area (Å²) in [5.74, 6) is -2.13. The lowest BCUT2D eigenvalue weighted by molar-refractivity contribution is -0.139. The van der Waals surface area contributed by atoms with Gasteiger partial charge in [0.15, 0.2) is 0 Å². The van der Waals surface area contributed by atoms with Gasteiger partial charge in [-0.15, -0.1) is 11.8 Å². The van der Waals surface area contributed by atoms with Crippen molar-refractivity contribution in [2.75, 3.05) is 76.3 Å². The third-order valence-corrected chi connectivity index (χ3v) is 11.1. The number of thioether (sulfide) groups is 1. The van der Waals surface area contributed by atoms with E-state index in [9.17, 15) is 43.2 Å². The normalized spacial score (nSPS) is 14.7. The Balaban J connectivity index is 2.42. The predicted molar refractivity (Wildman–Crippen MR) is 208 cm³/mol. The minimum Gasteiger partial charge on any atom is -0.395 e. The quantitative estimate of drug-likeness (QED) is 0.0204. The number of urea groups is 1. The van der Waals surface area contributed by atoms with Gasteiger partial charge in [-0.1, -0.05) is 21.6 Å². The Morgan fingerprint density at radius 3 is 1.93 bits per heavy atom. The first-order valence-electron chi connectivity index (χ1n) is 17.9. The van der Waals surface area contributed by atoms with Crippen LogP contribution in [-0.4, -0.2) is 162 Å². The molecule has 1 saturated heterocycles. The molecule has 1 aliphatic rings. The molecule has 1 rings (SSSR count). The molecular formula is C32H55N9O11S3. The number of aliphatic hydroxyl groups excluding tert-OH is 2. The van der Waals surface area contributed by atoms with Gasteiger partial charge in [0, 0.05) is 96.2 Å². The summed E-state index contributed by atoms with van der Waals surface area (Å²) >= 11 is 1.01. The van der Waals surface area contributed by atoms with Crippen molar-refractivity contribution in [3.05, 3.63) is 0 Å². The molecule has 0 aromatic rings. The highest BCUT2D eigenvalue weighted by Crippen LogP contribution is 2.26. The van der Waals surface area contributed by atoms with E-state index in [2.05, 4.69) is 42.5 Å². The lowest BCUT2D eigenvalue weighted by Crippen LogP contribution is -2.48. The van der Waals surface area contributed by atoms with E-state index in [1.807, 2.05) is 0 Å². The second kappa shape index (κ2) is 29.5. The second-order valence-electron chi connectivity index (χ2n) is 12.0. The molecule has 1 aliphatic heterocycles. The van der Waals surface area contributed by atoms with Crippen molar-refractivity contribution in [2.45, 2.75) is 69.7 Å². The maximum atomic E-state index is 13.0. The lowest BCUT2D eigenvalue weighted by Gasteiger charge is -2.20. The number of hydrogen-bond acceptors (Lipinski definition) is 14. The molecule has 0 aliphatic carbocycles. The average Bonchev–Trinajstić information content (AvgIpc) is 3.41. The van der Waals surface area contributed by atoms with Gasteiger partial charge in [0.2, 0.25) is 47.3 Å². The Morgan fingerprint density at radius 1 is 0.691 bits per heavy atom. The third kappa shape index (κ3) is 23.0. The van der Waals surface area contributed by atoms with E-state index in [-0.39, 0.29) is 89.2 Å². The van der Waals surface area contributed by atoms with Crippen LogP contribution in [0.15, 0.2) is 0 Å². The van der Waals surface area contributed by atoms with E-state index < -0.39 is 58.8 Å². The van der Waals surface area contributed by atoms with Gasteiger partial charge in [-0.25, -0.2) is 4.79 Å². The molecule has 1 fully saturated rings. The van der Waals surface area contributed by atoms with Crippen LogP contribution >= 0.6 is 33.3 Å². The van der Waals surface area contributed by atoms with Crippen molar-refractivity contribution in [3.63, 3.8) is 0 Å². The van der Waals surface area contributed by atoms with Crippen LogP contribution in [0.3, 0.4) is 0 Å². The van der Waals surface area contributed by atoms with Crippen molar-refractivity contribution in [3.8, 4) is 0 Å². The lowest BCUT2D eigenvalue weighted by atomic mass is 10.1. The Labute approximate surface area is 332 Å². The Hall–Kier alpha value is -3.80. The Morgan fingerprint density at radius 2 is 1.31 bits per heavy atom. The van der Waals surface area contributed by atoms with Crippen LogP contribution in [0.1, 0.15) is 52.4 Å². The standard InChI is InChI=1S/C32H55N9O11S3/c1-21(44)33-12-17-54-55-18-13-38-32(52)37-9-6-26(46)34-8-4-3-5-23(29(49)35-10-15-42)40-27(47)7-14-41-28(48)19-25(31(41)51)53-20-24(39-22(2)45)30(50)36-11-16-43/h23-25,42-43H,3-20H2,1-2H3,(H,33,44)(H,34,46)(H,35,49)(H,36,50)(H,39,45)(H,40,47)(H2,37,38,52). The van der Waals surface area contributed by atoms with Crippen LogP contribution in [0.2, 0.25) is 0 Å². The third-order valence-electron chi connectivity index (χ3n) is 7.39. The summed E-state index contributed by atoms with van der Waals surface area (Å²) in [5, 5.41) is 38.0. The topological polar surface area (TPSA) is 294 Å². The molecular weight excluding hydrogens is 783 g/mol. The van der Waals surface area contributed by atoms with E-state index >= 15 is 0 Å². The molecule has 3 unspecified atom stereocenters. The predicted octanol–water partition coefficient (Wildman–Crippen LogP) is -3.06. The fourth-order valence-electron chi connectivity index (χ4n) is 4.75. The number of carbonyl (C=O) groups excluding carboxylic acids is 9. The SMILES string of the molecule is CC(=O)NCCSSCCNC(=O)NCCC(=O)NCCCCC(NC(=O)CCN1C(=O)CC(SCC(NC(C)=O)C(=O)NCCO)C1=O)C(=O)NCCO. The van der Waals surface area contributed by atoms with Crippen LogP contribution in [0.5, 0.6) is 0 Å². The fourth-order valence-corrected chi connectivity index (χ4v) is 7.75. The van der Waals surface area contributed by atoms with E-state index in [0.29, 0.717) is 31.7 Å². The minimum absolute atomic E-state index is 0.0101. The Bertz CT molecular complexity index is 1300. The molecule has 0 saturated carbocycles. The maximum absolute atomic E-state index is 13.0. The first kappa shape index (κ1) is 49.2. The zero-order valence-corrected chi connectivity index (χ0v) is 33.7. The number of nitrogens with one attached hydrogen (secondary N) is 8. The van der Waals surface area contributed by atoms with E-state index in [1.54, 1.807) is 21.6 Å². The minimum atomic E-state index is -0.996. The van der Waals surface area contributed by atoms with Crippen molar-refractivity contribution in [1.29, 1.82) is 0 Å². The van der Waals surface area contributed by atoms with Gasteiger partial charge in [0.05, 0.1) is 18.5 Å². The highest BCUT2D eigenvalue weighted by molar-refractivity contribution is 8.76. The summed E-state index contributed by atoms with van der Waals surface area (Å²) in [6.45, 7) is 3.22. The second-order valence-corrected chi connectivity index (χ2v) is 15.9. The zero-order chi connectivity index (χ0) is 41.0. The number of carbonyl (C=O) groups is 9. The molecule has 0 spiro atoms. The Kier molecular flexibility index (Phi) is 26.4. The van der Waals surface area contributed by atoms with Crippen LogP contribution in [0.4, 0.5) is 4.79 Å². The zero-order valence-electron chi connectivity index (χ0n) is 31.2. The van der Waals surface area contributed by atoms with E-state index in [0.717, 1.165) is 22.4 Å². The van der Waals surface area contributed by atoms with Gasteiger partial charge in [-0.2, -0.15) is 0 Å². The monoisotopic (exact) mass is 837 g/mol. The molecule has 3 atom stereocenters. The van der Waals surface area contributed by atoms with Gasteiger partial charge >= 0.3 is 6.03 Å². The largest absolute Gasteiger partial charge is 0.395 e. The molecule has 23 heteroatoms. The van der Waals surface area contributed by atoms with Crippen molar-refractivity contribution >= 4 is 86.6 Å². The van der Waals surface area contributed by atoms with E-state index in [1.165, 1.54) is 13.8 Å². The molecule has 0 bridgehead atoms. The molecule has 55 heavy (non-hydrogen) atoms. The van der Waals surface area contributed by atoms with Gasteiger partial charge in [-0.3, -0.25) is 43.3 Å². The molecule has 312 valence electrons.